The summed E-state index contributed by atoms with van der Waals surface area (Å²) in [4.78, 5) is 42.1. The van der Waals surface area contributed by atoms with Crippen molar-refractivity contribution in [1.29, 1.82) is 0 Å². The highest BCUT2D eigenvalue weighted by atomic mass is 32.1. The first-order valence-corrected chi connectivity index (χ1v) is 12.4. The number of nitrogens with zero attached hydrogens (tertiary/aromatic N) is 2. The molecule has 2 aromatic carbocycles. The predicted octanol–water partition coefficient (Wildman–Crippen LogP) is 5.22. The molecular formula is C26H27N3O5S. The number of ether oxygens (including phenoxy) is 1. The first-order valence-electron chi connectivity index (χ1n) is 11.6. The molecule has 182 valence electrons. The molecule has 3 aromatic rings. The lowest BCUT2D eigenvalue weighted by molar-refractivity contribution is -0.137. The third-order valence-electron chi connectivity index (χ3n) is 6.01. The maximum atomic E-state index is 12.8. The summed E-state index contributed by atoms with van der Waals surface area (Å²) in [5.74, 6) is -1.08. The molecule has 0 saturated heterocycles. The van der Waals surface area contributed by atoms with Crippen molar-refractivity contribution in [3.05, 3.63) is 70.7 Å². The van der Waals surface area contributed by atoms with Gasteiger partial charge in [-0.3, -0.25) is 14.9 Å². The average Bonchev–Trinajstić information content (AvgIpc) is 3.45. The van der Waals surface area contributed by atoms with E-state index in [1.54, 1.807) is 4.90 Å². The predicted molar refractivity (Wildman–Crippen MR) is 134 cm³/mol. The number of thiazole rings is 1. The Balaban J connectivity index is 1.32. The molecule has 9 heteroatoms. The quantitative estimate of drug-likeness (QED) is 0.375. The molecule has 0 aliphatic heterocycles. The summed E-state index contributed by atoms with van der Waals surface area (Å²) in [5, 5.41) is 11.7. The zero-order valence-corrected chi connectivity index (χ0v) is 20.2. The molecule has 0 atom stereocenters. The molecule has 0 unspecified atom stereocenters. The summed E-state index contributed by atoms with van der Waals surface area (Å²) in [6.45, 7) is 3.03. The molecule has 1 heterocycles. The second kappa shape index (κ2) is 11.1. The van der Waals surface area contributed by atoms with Crippen LogP contribution in [0.15, 0.2) is 54.7 Å². The van der Waals surface area contributed by atoms with Crippen LogP contribution in [0, 0.1) is 0 Å². The molecule has 0 fully saturated rings. The van der Waals surface area contributed by atoms with E-state index < -0.39 is 12.1 Å². The molecule has 0 spiro atoms. The number of carbonyl (C=O) groups is 3. The molecule has 1 aliphatic rings. The highest BCUT2D eigenvalue weighted by Crippen LogP contribution is 2.44. The Hall–Kier alpha value is -3.72. The van der Waals surface area contributed by atoms with E-state index in [1.165, 1.54) is 6.20 Å². The number of unbranched alkanes of at least 4 members (excludes halogenated alkanes) is 1. The lowest BCUT2D eigenvalue weighted by atomic mass is 9.98. The van der Waals surface area contributed by atoms with Crippen molar-refractivity contribution in [1.82, 2.24) is 9.88 Å². The molecule has 0 saturated carbocycles. The van der Waals surface area contributed by atoms with Gasteiger partial charge in [-0.15, -0.1) is 0 Å². The Morgan fingerprint density at radius 3 is 2.34 bits per heavy atom. The lowest BCUT2D eigenvalue weighted by Crippen LogP contribution is -2.31. The Morgan fingerprint density at radius 1 is 1.06 bits per heavy atom. The van der Waals surface area contributed by atoms with Crippen LogP contribution in [-0.2, 0) is 9.53 Å². The third kappa shape index (κ3) is 5.68. The SMILES string of the molecule is CCN(CCCCC(=O)O)C(=O)c1cnc(NC(=O)OCC2c3ccccc3-c3ccccc32)s1. The van der Waals surface area contributed by atoms with Gasteiger partial charge in [0.1, 0.15) is 11.5 Å². The van der Waals surface area contributed by atoms with Gasteiger partial charge in [0.25, 0.3) is 5.91 Å². The van der Waals surface area contributed by atoms with Gasteiger partial charge in [0.2, 0.25) is 0 Å². The zero-order chi connectivity index (χ0) is 24.8. The Bertz CT molecular complexity index is 1180. The van der Waals surface area contributed by atoms with E-state index in [2.05, 4.69) is 34.6 Å². The number of benzene rings is 2. The standard InChI is InChI=1S/C26H27N3O5S/c1-2-29(14-8-7-13-23(30)31)24(32)22-15-27-25(35-22)28-26(33)34-16-21-19-11-5-3-9-17(19)18-10-4-6-12-20(18)21/h3-6,9-12,15,21H,2,7-8,13-14,16H2,1H3,(H,30,31)(H,27,28,33). The number of hydrogen-bond donors (Lipinski definition) is 2. The minimum Gasteiger partial charge on any atom is -0.481 e. The molecule has 4 rings (SSSR count). The van der Waals surface area contributed by atoms with Crippen molar-refractivity contribution in [2.75, 3.05) is 25.0 Å². The fraction of sp³-hybridized carbons (Fsp3) is 0.308. The number of carboxylic acid groups (broad SMARTS) is 1. The Morgan fingerprint density at radius 2 is 1.71 bits per heavy atom. The molecule has 1 aliphatic carbocycles. The van der Waals surface area contributed by atoms with E-state index in [0.717, 1.165) is 33.6 Å². The second-order valence-corrected chi connectivity index (χ2v) is 9.25. The van der Waals surface area contributed by atoms with Gasteiger partial charge < -0.3 is 14.7 Å². The number of aromatic nitrogens is 1. The maximum Gasteiger partial charge on any atom is 0.413 e. The summed E-state index contributed by atoms with van der Waals surface area (Å²) in [5.41, 5.74) is 4.57. The second-order valence-electron chi connectivity index (χ2n) is 8.22. The number of anilines is 1. The van der Waals surface area contributed by atoms with Gasteiger partial charge in [-0.2, -0.15) is 0 Å². The van der Waals surface area contributed by atoms with Gasteiger partial charge in [0.05, 0.1) is 6.20 Å². The van der Waals surface area contributed by atoms with E-state index in [1.807, 2.05) is 31.2 Å². The summed E-state index contributed by atoms with van der Waals surface area (Å²) in [6.07, 6.45) is 2.01. The van der Waals surface area contributed by atoms with Crippen molar-refractivity contribution in [3.8, 4) is 11.1 Å². The Labute approximate surface area is 207 Å². The van der Waals surface area contributed by atoms with E-state index in [-0.39, 0.29) is 30.0 Å². The number of carbonyl (C=O) groups excluding carboxylic acids is 2. The molecule has 35 heavy (non-hydrogen) atoms. The van der Waals surface area contributed by atoms with Crippen molar-refractivity contribution in [3.63, 3.8) is 0 Å². The highest BCUT2D eigenvalue weighted by molar-refractivity contribution is 7.17. The summed E-state index contributed by atoms with van der Waals surface area (Å²) in [7, 11) is 0. The largest absolute Gasteiger partial charge is 0.481 e. The number of carboxylic acids is 1. The van der Waals surface area contributed by atoms with Gasteiger partial charge in [0.15, 0.2) is 5.13 Å². The van der Waals surface area contributed by atoms with Crippen molar-refractivity contribution in [2.24, 2.45) is 0 Å². The number of fused-ring (bicyclic) bond motifs is 3. The fourth-order valence-corrected chi connectivity index (χ4v) is 5.06. The van der Waals surface area contributed by atoms with E-state index in [4.69, 9.17) is 9.84 Å². The van der Waals surface area contributed by atoms with Crippen molar-refractivity contribution >= 4 is 34.4 Å². The molecule has 8 nitrogen and oxygen atoms in total. The number of amides is 2. The van der Waals surface area contributed by atoms with Gasteiger partial charge in [0, 0.05) is 25.4 Å². The van der Waals surface area contributed by atoms with Crippen LogP contribution in [0.5, 0.6) is 0 Å². The van der Waals surface area contributed by atoms with Crippen LogP contribution in [-0.4, -0.2) is 52.7 Å². The normalized spacial score (nSPS) is 12.0. The van der Waals surface area contributed by atoms with Crippen LogP contribution in [0.3, 0.4) is 0 Å². The topological polar surface area (TPSA) is 109 Å². The van der Waals surface area contributed by atoms with E-state index in [0.29, 0.717) is 30.8 Å². The highest BCUT2D eigenvalue weighted by Gasteiger charge is 2.29. The first-order chi connectivity index (χ1) is 17.0. The van der Waals surface area contributed by atoms with Gasteiger partial charge in [-0.1, -0.05) is 59.9 Å². The van der Waals surface area contributed by atoms with Crippen molar-refractivity contribution in [2.45, 2.75) is 32.1 Å². The van der Waals surface area contributed by atoms with Crippen LogP contribution >= 0.6 is 11.3 Å². The number of nitrogens with one attached hydrogen (secondary N) is 1. The molecule has 0 radical (unpaired) electrons. The third-order valence-corrected chi connectivity index (χ3v) is 6.91. The minimum absolute atomic E-state index is 0.0409. The molecule has 2 N–H and O–H groups in total. The Kier molecular flexibility index (Phi) is 7.77. The van der Waals surface area contributed by atoms with E-state index in [9.17, 15) is 14.4 Å². The summed E-state index contributed by atoms with van der Waals surface area (Å²) >= 11 is 1.08. The molecular weight excluding hydrogens is 466 g/mol. The first kappa shape index (κ1) is 24.4. The summed E-state index contributed by atoms with van der Waals surface area (Å²) in [6, 6.07) is 16.2. The van der Waals surface area contributed by atoms with E-state index >= 15 is 0 Å². The smallest absolute Gasteiger partial charge is 0.413 e. The number of hydrogen-bond acceptors (Lipinski definition) is 6. The fourth-order valence-electron chi connectivity index (χ4n) is 4.29. The van der Waals surface area contributed by atoms with Gasteiger partial charge >= 0.3 is 12.1 Å². The van der Waals surface area contributed by atoms with Crippen LogP contribution in [0.25, 0.3) is 11.1 Å². The number of aliphatic carboxylic acids is 1. The van der Waals surface area contributed by atoms with Gasteiger partial charge in [-0.05, 0) is 42.0 Å². The molecule has 0 bridgehead atoms. The van der Waals surface area contributed by atoms with Crippen LogP contribution in [0.1, 0.15) is 52.9 Å². The van der Waals surface area contributed by atoms with Crippen LogP contribution < -0.4 is 5.32 Å². The molecule has 2 amide bonds. The number of rotatable bonds is 10. The monoisotopic (exact) mass is 493 g/mol. The molecule has 1 aromatic heterocycles. The van der Waals surface area contributed by atoms with Crippen molar-refractivity contribution < 1.29 is 24.2 Å². The average molecular weight is 494 g/mol. The van der Waals surface area contributed by atoms with Crippen LogP contribution in [0.2, 0.25) is 0 Å². The lowest BCUT2D eigenvalue weighted by Gasteiger charge is -2.19. The summed E-state index contributed by atoms with van der Waals surface area (Å²) < 4.78 is 5.54. The van der Waals surface area contributed by atoms with Gasteiger partial charge in [-0.25, -0.2) is 9.78 Å². The minimum atomic E-state index is -0.842. The van der Waals surface area contributed by atoms with Crippen LogP contribution in [0.4, 0.5) is 9.93 Å². The maximum absolute atomic E-state index is 12.8. The zero-order valence-electron chi connectivity index (χ0n) is 19.4.